The minimum Gasteiger partial charge on any atom is -0.490 e. The van der Waals surface area contributed by atoms with Gasteiger partial charge in [-0.05, 0) is 30.8 Å². The Morgan fingerprint density at radius 3 is 2.74 bits per heavy atom. The number of hydrogen-bond donors (Lipinski definition) is 1. The highest BCUT2D eigenvalue weighted by Crippen LogP contribution is 2.32. The number of ether oxygens (including phenoxy) is 2. The maximum absolute atomic E-state index is 15.2. The van der Waals surface area contributed by atoms with Gasteiger partial charge in [-0.1, -0.05) is 12.1 Å². The molecule has 1 aromatic heterocycles. The number of fused-ring (bicyclic) bond motifs is 1. The van der Waals surface area contributed by atoms with Crippen molar-refractivity contribution in [3.05, 3.63) is 53.0 Å². The number of aromatic nitrogens is 1. The van der Waals surface area contributed by atoms with E-state index in [1.54, 1.807) is 4.90 Å². The summed E-state index contributed by atoms with van der Waals surface area (Å²) in [5, 5.41) is 2.59. The first-order valence-corrected chi connectivity index (χ1v) is 13.7. The molecule has 0 aliphatic carbocycles. The van der Waals surface area contributed by atoms with Crippen LogP contribution in [-0.4, -0.2) is 73.0 Å². The second-order valence-electron chi connectivity index (χ2n) is 9.18. The Morgan fingerprint density at radius 2 is 2.00 bits per heavy atom. The van der Waals surface area contributed by atoms with Gasteiger partial charge < -0.3 is 14.4 Å². The highest BCUT2D eigenvalue weighted by atomic mass is 32.1. The van der Waals surface area contributed by atoms with Crippen molar-refractivity contribution in [1.82, 2.24) is 15.4 Å². The number of carbonyl (C=O) groups excluding carboxylic acids is 2. The van der Waals surface area contributed by atoms with Gasteiger partial charge in [0, 0.05) is 38.2 Å². The number of halogens is 2. The molecule has 39 heavy (non-hydrogen) atoms. The van der Waals surface area contributed by atoms with Crippen LogP contribution in [0.3, 0.4) is 0 Å². The summed E-state index contributed by atoms with van der Waals surface area (Å²) in [7, 11) is 1.47. The van der Waals surface area contributed by atoms with Crippen LogP contribution < -0.4 is 15.2 Å². The molecule has 13 heteroatoms. The molecular formula is C26H27F2N5O4S2. The molecule has 0 unspecified atom stereocenters. The summed E-state index contributed by atoms with van der Waals surface area (Å²) in [6, 6.07) is 9.96. The molecular weight excluding hydrogens is 548 g/mol. The minimum absolute atomic E-state index is 0.0798. The molecule has 2 aromatic carbocycles. The Kier molecular flexibility index (Phi) is 8.19. The first-order valence-electron chi connectivity index (χ1n) is 12.5. The van der Waals surface area contributed by atoms with Crippen LogP contribution >= 0.6 is 23.6 Å². The number of methoxy groups -OCH3 is 1. The van der Waals surface area contributed by atoms with Crippen LogP contribution in [0.25, 0.3) is 10.2 Å². The number of benzene rings is 2. The summed E-state index contributed by atoms with van der Waals surface area (Å²) in [4.78, 5) is 32.6. The third-order valence-corrected chi connectivity index (χ3v) is 8.03. The number of carbonyl (C=O) groups is 2. The summed E-state index contributed by atoms with van der Waals surface area (Å²) in [5.74, 6) is -1.76. The standard InChI is InChI=1S/C26H27F2N5O4S2/c1-36-24(38)7-6-17-15-32(26(35)37-17)16-12-18(27)25(19(28)13-16)31-9-8-29-33(11-10-31)23(34)14-22-30-20-4-2-3-5-21(20)39-22/h2-5,12-13,17,29H,6-11,14-15H2,1H3/t17-/m0/s1. The number of hydrogen-bond acceptors (Lipinski definition) is 9. The van der Waals surface area contributed by atoms with Gasteiger partial charge in [-0.3, -0.25) is 14.7 Å². The topological polar surface area (TPSA) is 87.2 Å². The number of nitrogens with zero attached hydrogens (tertiary/aromatic N) is 4. The number of hydrazine groups is 1. The van der Waals surface area contributed by atoms with E-state index in [9.17, 15) is 9.59 Å². The van der Waals surface area contributed by atoms with E-state index in [0.29, 0.717) is 29.4 Å². The van der Waals surface area contributed by atoms with E-state index in [2.05, 4.69) is 10.4 Å². The zero-order valence-electron chi connectivity index (χ0n) is 21.2. The number of rotatable bonds is 7. The van der Waals surface area contributed by atoms with Gasteiger partial charge in [-0.2, -0.15) is 0 Å². The van der Waals surface area contributed by atoms with Crippen molar-refractivity contribution in [2.45, 2.75) is 25.4 Å². The van der Waals surface area contributed by atoms with Crippen LogP contribution in [-0.2, 0) is 20.7 Å². The second kappa shape index (κ2) is 11.8. The molecule has 5 rings (SSSR count). The molecule has 0 radical (unpaired) electrons. The molecule has 1 atom stereocenters. The van der Waals surface area contributed by atoms with Gasteiger partial charge >= 0.3 is 6.09 Å². The molecule has 2 aliphatic heterocycles. The van der Waals surface area contributed by atoms with Crippen LogP contribution in [0.4, 0.5) is 25.0 Å². The molecule has 0 bridgehead atoms. The fourth-order valence-corrected chi connectivity index (χ4v) is 5.74. The van der Waals surface area contributed by atoms with Crippen LogP contribution in [0.2, 0.25) is 0 Å². The van der Waals surface area contributed by atoms with Crippen molar-refractivity contribution >= 4 is 62.2 Å². The summed E-state index contributed by atoms with van der Waals surface area (Å²) in [6.07, 6.45) is -0.112. The van der Waals surface area contributed by atoms with Crippen LogP contribution in [0.1, 0.15) is 17.8 Å². The SMILES string of the molecule is COC(=S)CC[C@H]1CN(c2cc(F)c(N3CCNN(C(=O)Cc4nc5ccccc5s4)CC3)c(F)c2)C(=O)O1. The number of amides is 2. The van der Waals surface area contributed by atoms with Crippen molar-refractivity contribution in [2.75, 3.05) is 49.6 Å². The number of anilines is 2. The van der Waals surface area contributed by atoms with Crippen molar-refractivity contribution in [3.63, 3.8) is 0 Å². The quantitative estimate of drug-likeness (QED) is 0.423. The maximum atomic E-state index is 15.2. The smallest absolute Gasteiger partial charge is 0.414 e. The molecule has 2 amide bonds. The number of cyclic esters (lactones) is 1. The van der Waals surface area contributed by atoms with Gasteiger partial charge in [-0.15, -0.1) is 11.3 Å². The predicted octanol–water partition coefficient (Wildman–Crippen LogP) is 4.05. The van der Waals surface area contributed by atoms with Crippen molar-refractivity contribution < 1.29 is 27.8 Å². The Labute approximate surface area is 233 Å². The van der Waals surface area contributed by atoms with Crippen LogP contribution in [0.5, 0.6) is 0 Å². The van der Waals surface area contributed by atoms with Crippen molar-refractivity contribution in [1.29, 1.82) is 0 Å². The Morgan fingerprint density at radius 1 is 1.23 bits per heavy atom. The maximum Gasteiger partial charge on any atom is 0.414 e. The third kappa shape index (κ3) is 6.10. The summed E-state index contributed by atoms with van der Waals surface area (Å²) >= 11 is 6.49. The normalized spacial score (nSPS) is 17.9. The zero-order chi connectivity index (χ0) is 27.5. The number of nitrogens with one attached hydrogen (secondary N) is 1. The number of para-hydroxylation sites is 1. The molecule has 2 saturated heterocycles. The van der Waals surface area contributed by atoms with Gasteiger partial charge in [0.25, 0.3) is 0 Å². The lowest BCUT2D eigenvalue weighted by atomic mass is 10.2. The summed E-state index contributed by atoms with van der Waals surface area (Å²) in [5.41, 5.74) is 3.78. The van der Waals surface area contributed by atoms with E-state index in [1.165, 1.54) is 28.4 Å². The van der Waals surface area contributed by atoms with Crippen molar-refractivity contribution in [2.24, 2.45) is 0 Å². The summed E-state index contributed by atoms with van der Waals surface area (Å²) in [6.45, 7) is 1.20. The van der Waals surface area contributed by atoms with Crippen LogP contribution in [0, 0.1) is 11.6 Å². The molecule has 2 fully saturated rings. The Hall–Kier alpha value is -3.42. The van der Waals surface area contributed by atoms with Crippen LogP contribution in [0.15, 0.2) is 36.4 Å². The second-order valence-corrected chi connectivity index (χ2v) is 10.8. The van der Waals surface area contributed by atoms with Crippen molar-refractivity contribution in [3.8, 4) is 0 Å². The lowest BCUT2D eigenvalue weighted by molar-refractivity contribution is -0.133. The van der Waals surface area contributed by atoms with Gasteiger partial charge in [0.1, 0.15) is 16.8 Å². The van der Waals surface area contributed by atoms with Gasteiger partial charge in [0.2, 0.25) is 5.91 Å². The lowest BCUT2D eigenvalue weighted by Gasteiger charge is -2.25. The van der Waals surface area contributed by atoms with E-state index in [1.807, 2.05) is 24.3 Å². The fourth-order valence-electron chi connectivity index (χ4n) is 4.66. The number of thiocarbonyl (C=S) groups is 1. The van der Waals surface area contributed by atoms with E-state index in [0.717, 1.165) is 22.3 Å². The van der Waals surface area contributed by atoms with E-state index in [-0.39, 0.29) is 49.9 Å². The molecule has 206 valence electrons. The largest absolute Gasteiger partial charge is 0.490 e. The molecule has 0 spiro atoms. The first-order chi connectivity index (χ1) is 18.8. The zero-order valence-corrected chi connectivity index (χ0v) is 22.8. The molecule has 3 aromatic rings. The highest BCUT2D eigenvalue weighted by Gasteiger charge is 2.34. The molecule has 3 heterocycles. The van der Waals surface area contributed by atoms with Gasteiger partial charge in [0.05, 0.1) is 42.5 Å². The third-order valence-electron chi connectivity index (χ3n) is 6.62. The minimum atomic E-state index is -0.795. The molecule has 2 aliphatic rings. The van der Waals surface area contributed by atoms with Gasteiger partial charge in [0.15, 0.2) is 16.7 Å². The molecule has 9 nitrogen and oxygen atoms in total. The molecule has 0 saturated carbocycles. The van der Waals surface area contributed by atoms with E-state index in [4.69, 9.17) is 21.7 Å². The highest BCUT2D eigenvalue weighted by molar-refractivity contribution is 7.80. The average Bonchev–Trinajstić information content (AvgIpc) is 3.40. The Bertz CT molecular complexity index is 1350. The van der Waals surface area contributed by atoms with E-state index >= 15 is 8.78 Å². The lowest BCUT2D eigenvalue weighted by Crippen LogP contribution is -2.44. The predicted molar refractivity (Wildman–Crippen MR) is 148 cm³/mol. The fraction of sp³-hybridized carbons (Fsp3) is 0.385. The van der Waals surface area contributed by atoms with Gasteiger partial charge in [-0.25, -0.2) is 24.0 Å². The molecule has 1 N–H and O–H groups in total. The average molecular weight is 576 g/mol. The summed E-state index contributed by atoms with van der Waals surface area (Å²) < 4.78 is 41.8. The number of thiazole rings is 1. The Balaban J connectivity index is 1.22. The monoisotopic (exact) mass is 575 g/mol. The van der Waals surface area contributed by atoms with E-state index < -0.39 is 23.8 Å². The first kappa shape index (κ1) is 27.2.